The van der Waals surface area contributed by atoms with Crippen LogP contribution in [-0.2, 0) is 15.8 Å². The van der Waals surface area contributed by atoms with E-state index in [0.29, 0.717) is 6.54 Å². The third kappa shape index (κ3) is 5.11. The Balaban J connectivity index is 1.76. The van der Waals surface area contributed by atoms with Crippen molar-refractivity contribution in [3.8, 4) is 0 Å². The number of benzene rings is 1. The highest BCUT2D eigenvalue weighted by Crippen LogP contribution is 2.16. The predicted molar refractivity (Wildman–Crippen MR) is 85.4 cm³/mol. The normalized spacial score (nSPS) is 11.8. The van der Waals surface area contributed by atoms with Crippen LogP contribution >= 0.6 is 11.8 Å². The van der Waals surface area contributed by atoms with Gasteiger partial charge < -0.3 is 0 Å². The number of pyridine rings is 1. The van der Waals surface area contributed by atoms with E-state index in [0.717, 1.165) is 34.5 Å². The van der Waals surface area contributed by atoms with Gasteiger partial charge in [-0.15, -0.1) is 0 Å². The number of rotatable bonds is 7. The van der Waals surface area contributed by atoms with Gasteiger partial charge in [0.2, 0.25) is 10.0 Å². The molecule has 0 fully saturated rings. The van der Waals surface area contributed by atoms with Crippen LogP contribution in [-0.4, -0.2) is 32.0 Å². The average Bonchev–Trinajstić information content (AvgIpc) is 2.41. The number of sulfonamides is 1. The Kier molecular flexibility index (Phi) is 5.39. The molecule has 20 heavy (non-hydrogen) atoms. The summed E-state index contributed by atoms with van der Waals surface area (Å²) in [7, 11) is -3.06. The average molecular weight is 310 g/mol. The summed E-state index contributed by atoms with van der Waals surface area (Å²) in [4.78, 5) is 4.60. The second-order valence-corrected chi connectivity index (χ2v) is 7.51. The largest absolute Gasteiger partial charge is 0.252 e. The summed E-state index contributed by atoms with van der Waals surface area (Å²) >= 11 is 1.77. The molecule has 2 aromatic rings. The van der Waals surface area contributed by atoms with Crippen LogP contribution in [0.4, 0.5) is 0 Å². The molecule has 0 amide bonds. The van der Waals surface area contributed by atoms with E-state index in [1.807, 2.05) is 24.3 Å². The highest BCUT2D eigenvalue weighted by molar-refractivity contribution is 7.98. The first-order valence-electron chi connectivity index (χ1n) is 6.42. The molecule has 0 atom stereocenters. The first-order chi connectivity index (χ1) is 9.54. The van der Waals surface area contributed by atoms with Gasteiger partial charge in [0, 0.05) is 17.7 Å². The maximum Gasteiger partial charge on any atom is 0.208 e. The molecule has 0 aliphatic rings. The van der Waals surface area contributed by atoms with Crippen molar-refractivity contribution >= 4 is 32.7 Å². The van der Waals surface area contributed by atoms with Gasteiger partial charge in [0.05, 0.1) is 17.5 Å². The van der Waals surface area contributed by atoms with Crippen molar-refractivity contribution in [2.75, 3.05) is 18.6 Å². The van der Waals surface area contributed by atoms with Gasteiger partial charge in [-0.05, 0) is 24.3 Å². The van der Waals surface area contributed by atoms with Crippen molar-refractivity contribution in [1.82, 2.24) is 9.71 Å². The summed E-state index contributed by atoms with van der Waals surface area (Å²) in [6, 6.07) is 12.2. The first-order valence-corrected chi connectivity index (χ1v) is 9.46. The lowest BCUT2D eigenvalue weighted by Crippen LogP contribution is -2.23. The van der Waals surface area contributed by atoms with Gasteiger partial charge >= 0.3 is 0 Å². The topological polar surface area (TPSA) is 59.1 Å². The van der Waals surface area contributed by atoms with Crippen LogP contribution < -0.4 is 4.72 Å². The summed E-state index contributed by atoms with van der Waals surface area (Å²) in [6.07, 6.45) is 2.00. The Morgan fingerprint density at radius 3 is 2.80 bits per heavy atom. The number of para-hydroxylation sites is 1. The number of fused-ring (bicyclic) bond motifs is 1. The molecule has 6 heteroatoms. The maximum absolute atomic E-state index is 10.9. The van der Waals surface area contributed by atoms with Crippen LogP contribution in [0.5, 0.6) is 0 Å². The lowest BCUT2D eigenvalue weighted by molar-refractivity contribution is 0.587. The van der Waals surface area contributed by atoms with Gasteiger partial charge in [-0.2, -0.15) is 11.8 Å². The maximum atomic E-state index is 10.9. The molecule has 0 spiro atoms. The van der Waals surface area contributed by atoms with Crippen molar-refractivity contribution in [1.29, 1.82) is 0 Å². The van der Waals surface area contributed by atoms with E-state index in [1.54, 1.807) is 11.8 Å². The summed E-state index contributed by atoms with van der Waals surface area (Å²) in [5, 5.41) is 1.15. The van der Waals surface area contributed by atoms with Gasteiger partial charge in [0.15, 0.2) is 0 Å². The van der Waals surface area contributed by atoms with Crippen molar-refractivity contribution in [3.63, 3.8) is 0 Å². The van der Waals surface area contributed by atoms with Crippen molar-refractivity contribution in [2.24, 2.45) is 0 Å². The number of nitrogens with zero attached hydrogens (tertiary/aromatic N) is 1. The zero-order valence-corrected chi connectivity index (χ0v) is 13.0. The molecule has 0 unspecified atom stereocenters. The predicted octanol–water partition coefficient (Wildman–Crippen LogP) is 2.41. The molecule has 1 aromatic carbocycles. The number of nitrogens with one attached hydrogen (secondary N) is 1. The molecular formula is C14H18N2O2S2. The molecule has 0 radical (unpaired) electrons. The Morgan fingerprint density at radius 2 is 2.00 bits per heavy atom. The second kappa shape index (κ2) is 7.06. The van der Waals surface area contributed by atoms with E-state index in [9.17, 15) is 8.42 Å². The molecule has 0 aliphatic heterocycles. The fraction of sp³-hybridized carbons (Fsp3) is 0.357. The number of hydrogen-bond acceptors (Lipinski definition) is 4. The van der Waals surface area contributed by atoms with Gasteiger partial charge in [0.25, 0.3) is 0 Å². The standard InChI is InChI=1S/C14H18N2O2S2/c1-20(17,18)15-9-4-10-19-11-13-8-7-12-5-2-3-6-14(12)16-13/h2-3,5-8,15H,4,9-11H2,1H3. The summed E-state index contributed by atoms with van der Waals surface area (Å²) in [5.41, 5.74) is 2.08. The van der Waals surface area contributed by atoms with Crippen LogP contribution in [0.2, 0.25) is 0 Å². The molecule has 0 saturated heterocycles. The van der Waals surface area contributed by atoms with Crippen molar-refractivity contribution in [3.05, 3.63) is 42.1 Å². The third-order valence-corrected chi connectivity index (χ3v) is 4.54. The van der Waals surface area contributed by atoms with Crippen LogP contribution in [0, 0.1) is 0 Å². The number of aromatic nitrogens is 1. The number of thioether (sulfide) groups is 1. The van der Waals surface area contributed by atoms with Crippen LogP contribution in [0.15, 0.2) is 36.4 Å². The Morgan fingerprint density at radius 1 is 1.20 bits per heavy atom. The minimum absolute atomic E-state index is 0.497. The lowest BCUT2D eigenvalue weighted by atomic mass is 10.2. The van der Waals surface area contributed by atoms with E-state index in [-0.39, 0.29) is 0 Å². The van der Waals surface area contributed by atoms with Crippen LogP contribution in [0.3, 0.4) is 0 Å². The third-order valence-electron chi connectivity index (χ3n) is 2.74. The van der Waals surface area contributed by atoms with E-state index >= 15 is 0 Å². The molecule has 0 aliphatic carbocycles. The highest BCUT2D eigenvalue weighted by Gasteiger charge is 2.00. The van der Waals surface area contributed by atoms with E-state index in [2.05, 4.69) is 21.8 Å². The molecule has 0 bridgehead atoms. The smallest absolute Gasteiger partial charge is 0.208 e. The fourth-order valence-corrected chi connectivity index (χ4v) is 3.17. The molecular weight excluding hydrogens is 292 g/mol. The lowest BCUT2D eigenvalue weighted by Gasteiger charge is -2.04. The van der Waals surface area contributed by atoms with E-state index in [1.165, 1.54) is 6.26 Å². The minimum atomic E-state index is -3.06. The molecule has 1 heterocycles. The summed E-state index contributed by atoms with van der Waals surface area (Å²) in [6.45, 7) is 0.497. The Bertz CT molecular complexity index is 672. The van der Waals surface area contributed by atoms with E-state index < -0.39 is 10.0 Å². The van der Waals surface area contributed by atoms with Crippen LogP contribution in [0.25, 0.3) is 10.9 Å². The Labute approximate surface area is 124 Å². The van der Waals surface area contributed by atoms with Gasteiger partial charge in [-0.3, -0.25) is 4.98 Å². The molecule has 1 N–H and O–H groups in total. The SMILES string of the molecule is CS(=O)(=O)NCCCSCc1ccc2ccccc2n1. The zero-order valence-electron chi connectivity index (χ0n) is 11.4. The second-order valence-electron chi connectivity index (χ2n) is 4.57. The molecule has 4 nitrogen and oxygen atoms in total. The van der Waals surface area contributed by atoms with Crippen molar-refractivity contribution < 1.29 is 8.42 Å². The first kappa shape index (κ1) is 15.3. The summed E-state index contributed by atoms with van der Waals surface area (Å²) in [5.74, 6) is 1.76. The van der Waals surface area contributed by atoms with Crippen LogP contribution in [0.1, 0.15) is 12.1 Å². The van der Waals surface area contributed by atoms with Gasteiger partial charge in [-0.1, -0.05) is 24.3 Å². The molecule has 108 valence electrons. The van der Waals surface area contributed by atoms with Gasteiger partial charge in [-0.25, -0.2) is 13.1 Å². The zero-order chi connectivity index (χ0) is 14.4. The Hall–Kier alpha value is -1.11. The molecule has 2 rings (SSSR count). The number of hydrogen-bond donors (Lipinski definition) is 1. The fourth-order valence-electron chi connectivity index (χ4n) is 1.80. The minimum Gasteiger partial charge on any atom is -0.252 e. The highest BCUT2D eigenvalue weighted by atomic mass is 32.2. The molecule has 0 saturated carbocycles. The monoisotopic (exact) mass is 310 g/mol. The van der Waals surface area contributed by atoms with Gasteiger partial charge in [0.1, 0.15) is 0 Å². The van der Waals surface area contributed by atoms with Crippen molar-refractivity contribution in [2.45, 2.75) is 12.2 Å². The quantitative estimate of drug-likeness (QED) is 0.798. The molecule has 1 aromatic heterocycles. The summed E-state index contributed by atoms with van der Waals surface area (Å²) < 4.78 is 24.3. The van der Waals surface area contributed by atoms with E-state index in [4.69, 9.17) is 0 Å².